The Labute approximate surface area is 114 Å². The second-order valence-corrected chi connectivity index (χ2v) is 5.12. The van der Waals surface area contributed by atoms with Gasteiger partial charge in [-0.05, 0) is 19.3 Å². The van der Waals surface area contributed by atoms with Gasteiger partial charge in [0.05, 0.1) is 19.3 Å². The molecule has 8 heteroatoms. The summed E-state index contributed by atoms with van der Waals surface area (Å²) in [6.07, 6.45) is -1.61. The van der Waals surface area contributed by atoms with Crippen molar-refractivity contribution in [2.75, 3.05) is 32.9 Å². The number of carbonyl (C=O) groups is 1. The van der Waals surface area contributed by atoms with Crippen molar-refractivity contribution < 1.29 is 32.3 Å². The van der Waals surface area contributed by atoms with Crippen molar-refractivity contribution >= 4 is 5.97 Å². The van der Waals surface area contributed by atoms with Gasteiger partial charge in [0.1, 0.15) is 0 Å². The van der Waals surface area contributed by atoms with Gasteiger partial charge in [0.15, 0.2) is 0 Å². The van der Waals surface area contributed by atoms with Crippen molar-refractivity contribution in [1.82, 2.24) is 5.06 Å². The third kappa shape index (κ3) is 4.60. The topological polar surface area (TPSA) is 48.0 Å². The lowest BCUT2D eigenvalue weighted by Crippen LogP contribution is -2.51. The number of nitrogens with zero attached hydrogens (tertiary/aromatic N) is 1. The molecule has 0 spiro atoms. The zero-order valence-electron chi connectivity index (χ0n) is 11.0. The predicted octanol–water partition coefficient (Wildman–Crippen LogP) is 1.52. The van der Waals surface area contributed by atoms with Gasteiger partial charge < -0.3 is 14.3 Å². The van der Waals surface area contributed by atoms with Crippen LogP contribution in [0.4, 0.5) is 13.2 Å². The van der Waals surface area contributed by atoms with E-state index in [9.17, 15) is 18.0 Å². The van der Waals surface area contributed by atoms with Crippen LogP contribution in [0.5, 0.6) is 0 Å². The first kappa shape index (κ1) is 15.5. The van der Waals surface area contributed by atoms with Crippen LogP contribution in [-0.2, 0) is 19.1 Å². The van der Waals surface area contributed by atoms with Crippen molar-refractivity contribution in [2.24, 2.45) is 5.92 Å². The van der Waals surface area contributed by atoms with E-state index in [-0.39, 0.29) is 25.1 Å². The van der Waals surface area contributed by atoms with Crippen LogP contribution in [0.1, 0.15) is 19.3 Å². The normalized spacial score (nSPS) is 25.2. The van der Waals surface area contributed by atoms with Crippen LogP contribution in [0.2, 0.25) is 0 Å². The van der Waals surface area contributed by atoms with Gasteiger partial charge in [-0.25, -0.2) is 4.79 Å². The van der Waals surface area contributed by atoms with E-state index in [1.807, 2.05) is 0 Å². The summed E-state index contributed by atoms with van der Waals surface area (Å²) >= 11 is 0. The van der Waals surface area contributed by atoms with E-state index < -0.39 is 12.1 Å². The Balaban J connectivity index is 1.52. The molecule has 0 radical (unpaired) electrons. The molecule has 1 atom stereocenters. The first-order valence-corrected chi connectivity index (χ1v) is 6.68. The minimum absolute atomic E-state index is 0.0969. The number of hydrogen-bond acceptors (Lipinski definition) is 5. The number of alkyl halides is 3. The zero-order valence-corrected chi connectivity index (χ0v) is 11.0. The molecule has 0 aliphatic carbocycles. The Kier molecular flexibility index (Phi) is 5.22. The van der Waals surface area contributed by atoms with Crippen molar-refractivity contribution in [3.05, 3.63) is 0 Å². The highest BCUT2D eigenvalue weighted by molar-refractivity contribution is 5.75. The van der Waals surface area contributed by atoms with Crippen LogP contribution < -0.4 is 0 Å². The van der Waals surface area contributed by atoms with Gasteiger partial charge in [0.2, 0.25) is 0 Å². The van der Waals surface area contributed by atoms with Gasteiger partial charge in [0.25, 0.3) is 0 Å². The van der Waals surface area contributed by atoms with E-state index in [0.29, 0.717) is 13.2 Å². The SMILES string of the molecule is O=C(ON1CC(COCC2CCCCO2)C1)C(F)(F)F. The zero-order chi connectivity index (χ0) is 14.6. The first-order valence-electron chi connectivity index (χ1n) is 6.68. The van der Waals surface area contributed by atoms with E-state index in [2.05, 4.69) is 4.84 Å². The average Bonchev–Trinajstić information content (AvgIpc) is 2.35. The average molecular weight is 297 g/mol. The molecule has 2 saturated heterocycles. The molecular weight excluding hydrogens is 279 g/mol. The summed E-state index contributed by atoms with van der Waals surface area (Å²) < 4.78 is 46.8. The highest BCUT2D eigenvalue weighted by Gasteiger charge is 2.44. The van der Waals surface area contributed by atoms with Crippen LogP contribution in [0.3, 0.4) is 0 Å². The van der Waals surface area contributed by atoms with E-state index in [0.717, 1.165) is 30.9 Å². The molecule has 20 heavy (non-hydrogen) atoms. The second kappa shape index (κ2) is 6.73. The molecule has 2 heterocycles. The van der Waals surface area contributed by atoms with Gasteiger partial charge in [0, 0.05) is 25.6 Å². The number of halogens is 3. The Morgan fingerprint density at radius 1 is 1.25 bits per heavy atom. The second-order valence-electron chi connectivity index (χ2n) is 5.12. The lowest BCUT2D eigenvalue weighted by atomic mass is 10.0. The summed E-state index contributed by atoms with van der Waals surface area (Å²) in [5.41, 5.74) is 0. The van der Waals surface area contributed by atoms with Crippen molar-refractivity contribution in [1.29, 1.82) is 0 Å². The Hall–Kier alpha value is -0.860. The highest BCUT2D eigenvalue weighted by atomic mass is 19.4. The van der Waals surface area contributed by atoms with Crippen LogP contribution in [0.25, 0.3) is 0 Å². The van der Waals surface area contributed by atoms with Crippen molar-refractivity contribution in [3.63, 3.8) is 0 Å². The molecule has 0 aromatic heterocycles. The Morgan fingerprint density at radius 3 is 2.60 bits per heavy atom. The Morgan fingerprint density at radius 2 is 2.00 bits per heavy atom. The maximum absolute atomic E-state index is 11.9. The fourth-order valence-electron chi connectivity index (χ4n) is 2.18. The maximum atomic E-state index is 11.9. The third-order valence-corrected chi connectivity index (χ3v) is 3.30. The summed E-state index contributed by atoms with van der Waals surface area (Å²) in [5.74, 6) is -2.08. The summed E-state index contributed by atoms with van der Waals surface area (Å²) in [4.78, 5) is 14.7. The first-order chi connectivity index (χ1) is 9.45. The van der Waals surface area contributed by atoms with E-state index in [1.54, 1.807) is 0 Å². The third-order valence-electron chi connectivity index (χ3n) is 3.30. The Bertz CT molecular complexity index is 325. The minimum Gasteiger partial charge on any atom is -0.378 e. The predicted molar refractivity (Wildman–Crippen MR) is 61.6 cm³/mol. The molecule has 0 bridgehead atoms. The number of hydroxylamine groups is 2. The lowest BCUT2D eigenvalue weighted by Gasteiger charge is -2.37. The molecule has 2 rings (SSSR count). The quantitative estimate of drug-likeness (QED) is 0.770. The standard InChI is InChI=1S/C12H18F3NO4/c13-12(14,15)11(17)20-16-5-9(6-16)7-18-8-10-3-1-2-4-19-10/h9-10H,1-8H2. The molecule has 5 nitrogen and oxygen atoms in total. The van der Waals surface area contributed by atoms with E-state index in [4.69, 9.17) is 9.47 Å². The largest absolute Gasteiger partial charge is 0.492 e. The van der Waals surface area contributed by atoms with Gasteiger partial charge in [-0.2, -0.15) is 13.2 Å². The monoisotopic (exact) mass is 297 g/mol. The van der Waals surface area contributed by atoms with Crippen molar-refractivity contribution in [3.8, 4) is 0 Å². The molecule has 2 aliphatic rings. The number of hydrogen-bond donors (Lipinski definition) is 0. The number of ether oxygens (including phenoxy) is 2. The fraction of sp³-hybridized carbons (Fsp3) is 0.917. The molecule has 2 aliphatic heterocycles. The minimum atomic E-state index is -4.94. The molecule has 1 unspecified atom stereocenters. The van der Waals surface area contributed by atoms with Crippen molar-refractivity contribution in [2.45, 2.75) is 31.5 Å². The number of carbonyl (C=O) groups excluding carboxylic acids is 1. The summed E-state index contributed by atoms with van der Waals surface area (Å²) in [6, 6.07) is 0. The van der Waals surface area contributed by atoms with Gasteiger partial charge in [-0.1, -0.05) is 0 Å². The molecular formula is C12H18F3NO4. The maximum Gasteiger partial charge on any atom is 0.492 e. The van der Waals surface area contributed by atoms with Crippen LogP contribution in [-0.4, -0.2) is 56.2 Å². The van der Waals surface area contributed by atoms with Crippen LogP contribution >= 0.6 is 0 Å². The van der Waals surface area contributed by atoms with Crippen LogP contribution in [0.15, 0.2) is 0 Å². The lowest BCUT2D eigenvalue weighted by molar-refractivity contribution is -0.261. The summed E-state index contributed by atoms with van der Waals surface area (Å²) in [6.45, 7) is 2.26. The van der Waals surface area contributed by atoms with Gasteiger partial charge in [-0.15, -0.1) is 5.06 Å². The molecule has 0 amide bonds. The van der Waals surface area contributed by atoms with E-state index in [1.165, 1.54) is 0 Å². The molecule has 2 fully saturated rings. The molecule has 0 saturated carbocycles. The molecule has 0 aromatic carbocycles. The molecule has 0 N–H and O–H groups in total. The van der Waals surface area contributed by atoms with E-state index >= 15 is 0 Å². The van der Waals surface area contributed by atoms with Crippen LogP contribution in [0, 0.1) is 5.92 Å². The van der Waals surface area contributed by atoms with Gasteiger partial charge >= 0.3 is 12.1 Å². The molecule has 116 valence electrons. The number of rotatable bonds is 5. The molecule has 0 aromatic rings. The van der Waals surface area contributed by atoms with Gasteiger partial charge in [-0.3, -0.25) is 0 Å². The highest BCUT2D eigenvalue weighted by Crippen LogP contribution is 2.22. The summed E-state index contributed by atoms with van der Waals surface area (Å²) in [5, 5.41) is 1.00. The fourth-order valence-corrected chi connectivity index (χ4v) is 2.18. The summed E-state index contributed by atoms with van der Waals surface area (Å²) in [7, 11) is 0. The smallest absolute Gasteiger partial charge is 0.378 e.